The van der Waals surface area contributed by atoms with E-state index in [2.05, 4.69) is 137 Å². The molecule has 0 unspecified atom stereocenters. The van der Waals surface area contributed by atoms with Gasteiger partial charge in [0.25, 0.3) is 0 Å². The minimum Gasteiger partial charge on any atom is -0.256 e. The molecule has 0 aliphatic carbocycles. The first kappa shape index (κ1) is 26.7. The van der Waals surface area contributed by atoms with E-state index < -0.39 is 0 Å². The summed E-state index contributed by atoms with van der Waals surface area (Å²) in [5, 5.41) is 10.6. The maximum atomic E-state index is 5.34. The van der Waals surface area contributed by atoms with Crippen molar-refractivity contribution >= 4 is 65.0 Å². The van der Waals surface area contributed by atoms with Crippen molar-refractivity contribution in [3.8, 4) is 33.6 Å². The third-order valence-corrected chi connectivity index (χ3v) is 9.54. The van der Waals surface area contributed by atoms with E-state index in [1.54, 1.807) is 0 Å². The molecule has 0 aliphatic rings. The van der Waals surface area contributed by atoms with Crippen LogP contribution in [-0.4, -0.2) is 19.9 Å². The monoisotopic (exact) mass is 610 g/mol. The Labute approximate surface area is 276 Å². The number of fused-ring (bicyclic) bond motifs is 11. The van der Waals surface area contributed by atoms with Crippen molar-refractivity contribution in [2.75, 3.05) is 0 Å². The Morgan fingerprint density at radius 3 is 1.85 bits per heavy atom. The number of para-hydroxylation sites is 1. The van der Waals surface area contributed by atoms with Crippen molar-refractivity contribution in [2.45, 2.75) is 0 Å². The zero-order valence-corrected chi connectivity index (χ0v) is 25.8. The summed E-state index contributed by atoms with van der Waals surface area (Å²) >= 11 is 0. The molecule has 0 saturated carbocycles. The molecule has 4 nitrogen and oxygen atoms in total. The predicted molar refractivity (Wildman–Crippen MR) is 199 cm³/mol. The number of nitrogens with zero attached hydrogens (tertiary/aromatic N) is 4. The van der Waals surface area contributed by atoms with Gasteiger partial charge in [0.05, 0.1) is 27.9 Å². The number of hydrogen-bond acceptors (Lipinski definition) is 4. The molecule has 0 atom stereocenters. The van der Waals surface area contributed by atoms with Gasteiger partial charge in [-0.05, 0) is 63.5 Å². The van der Waals surface area contributed by atoms with Crippen LogP contribution >= 0.6 is 0 Å². The van der Waals surface area contributed by atoms with Gasteiger partial charge >= 0.3 is 0 Å². The molecule has 0 radical (unpaired) electrons. The van der Waals surface area contributed by atoms with E-state index >= 15 is 0 Å². The minimum absolute atomic E-state index is 0.901. The first-order valence-electron chi connectivity index (χ1n) is 16.1. The van der Waals surface area contributed by atoms with E-state index in [0.29, 0.717) is 0 Å². The van der Waals surface area contributed by atoms with E-state index in [9.17, 15) is 0 Å². The van der Waals surface area contributed by atoms with Crippen LogP contribution in [0.1, 0.15) is 0 Å². The summed E-state index contributed by atoms with van der Waals surface area (Å²) in [4.78, 5) is 19.6. The molecule has 0 amide bonds. The van der Waals surface area contributed by atoms with E-state index in [4.69, 9.17) is 9.97 Å². The second kappa shape index (κ2) is 10.5. The molecule has 0 fully saturated rings. The van der Waals surface area contributed by atoms with Gasteiger partial charge in [-0.3, -0.25) is 15.0 Å². The topological polar surface area (TPSA) is 51.6 Å². The number of pyridine rings is 4. The van der Waals surface area contributed by atoms with Crippen LogP contribution in [0.5, 0.6) is 0 Å². The van der Waals surface area contributed by atoms with Crippen molar-refractivity contribution in [1.82, 2.24) is 19.9 Å². The van der Waals surface area contributed by atoms with Crippen LogP contribution in [0.3, 0.4) is 0 Å². The number of benzene rings is 6. The third-order valence-electron chi connectivity index (χ3n) is 9.54. The molecular weight excluding hydrogens is 585 g/mol. The zero-order valence-electron chi connectivity index (χ0n) is 25.8. The zero-order chi connectivity index (χ0) is 31.6. The molecule has 4 aromatic heterocycles. The van der Waals surface area contributed by atoms with Gasteiger partial charge in [-0.15, -0.1) is 0 Å². The molecule has 48 heavy (non-hydrogen) atoms. The summed E-state index contributed by atoms with van der Waals surface area (Å²) in [6.45, 7) is 0. The van der Waals surface area contributed by atoms with Gasteiger partial charge in [-0.2, -0.15) is 0 Å². The highest BCUT2D eigenvalue weighted by Crippen LogP contribution is 2.43. The molecule has 0 bridgehead atoms. The Kier molecular flexibility index (Phi) is 5.84. The van der Waals surface area contributed by atoms with Crippen LogP contribution in [0.2, 0.25) is 0 Å². The van der Waals surface area contributed by atoms with Crippen molar-refractivity contribution in [1.29, 1.82) is 0 Å². The molecule has 4 heterocycles. The predicted octanol–water partition coefficient (Wildman–Crippen LogP) is 11.2. The van der Waals surface area contributed by atoms with Crippen LogP contribution in [-0.2, 0) is 0 Å². The second-order valence-corrected chi connectivity index (χ2v) is 12.2. The molecule has 0 N–H and O–H groups in total. The molecule has 6 aromatic carbocycles. The van der Waals surface area contributed by atoms with Gasteiger partial charge in [0.1, 0.15) is 0 Å². The highest BCUT2D eigenvalue weighted by molar-refractivity contribution is 6.33. The van der Waals surface area contributed by atoms with Crippen LogP contribution in [0.4, 0.5) is 0 Å². The minimum atomic E-state index is 0.901. The lowest BCUT2D eigenvalue weighted by atomic mass is 9.89. The number of hydrogen-bond donors (Lipinski definition) is 0. The summed E-state index contributed by atoms with van der Waals surface area (Å²) in [6.07, 6.45) is 5.62. The molecular formula is C44H26N4. The lowest BCUT2D eigenvalue weighted by Crippen LogP contribution is -1.93. The van der Waals surface area contributed by atoms with Gasteiger partial charge in [0.2, 0.25) is 0 Å². The SMILES string of the molecule is c1cc(-c2ccc(-c3cc4cccnc4c4ncccc34)cn2)cc(-c2nc3ccccc3c3c4ccccc4c4ccccc4c23)c1. The van der Waals surface area contributed by atoms with Crippen molar-refractivity contribution < 1.29 is 0 Å². The molecule has 10 aromatic rings. The second-order valence-electron chi connectivity index (χ2n) is 12.2. The molecule has 0 spiro atoms. The Morgan fingerprint density at radius 1 is 0.396 bits per heavy atom. The fourth-order valence-corrected chi connectivity index (χ4v) is 7.40. The summed E-state index contributed by atoms with van der Waals surface area (Å²) in [7, 11) is 0. The highest BCUT2D eigenvalue weighted by Gasteiger charge is 2.18. The fraction of sp³-hybridized carbons (Fsp3) is 0. The van der Waals surface area contributed by atoms with Crippen molar-refractivity contribution in [3.05, 3.63) is 158 Å². The quantitative estimate of drug-likeness (QED) is 0.187. The summed E-state index contributed by atoms with van der Waals surface area (Å²) in [5.41, 5.74) is 8.93. The molecule has 10 rings (SSSR count). The standard InChI is InChI=1S/C44H26N4/c1-3-15-33-31(13-1)32-14-2-4-16-34(32)41-40(33)36-17-5-6-19-39(36)48-42(41)28-11-7-10-27(24-28)38-21-20-30(26-47-38)37-25-29-12-8-22-45-43(29)44-35(37)18-9-23-46-44/h1-26H. The smallest absolute Gasteiger partial charge is 0.0970 e. The molecule has 0 saturated heterocycles. The maximum Gasteiger partial charge on any atom is 0.0970 e. The van der Waals surface area contributed by atoms with E-state index in [-0.39, 0.29) is 0 Å². The Balaban J connectivity index is 1.16. The normalized spacial score (nSPS) is 11.8. The Bertz CT molecular complexity index is 2890. The average molecular weight is 611 g/mol. The Hall–Kier alpha value is -6.52. The van der Waals surface area contributed by atoms with Gasteiger partial charge in [-0.1, -0.05) is 103 Å². The van der Waals surface area contributed by atoms with Gasteiger partial charge < -0.3 is 0 Å². The number of rotatable bonds is 3. The average Bonchev–Trinajstić information content (AvgIpc) is 3.17. The van der Waals surface area contributed by atoms with Crippen molar-refractivity contribution in [2.24, 2.45) is 0 Å². The van der Waals surface area contributed by atoms with Crippen LogP contribution in [0.15, 0.2) is 158 Å². The lowest BCUT2D eigenvalue weighted by Gasteiger charge is -2.16. The van der Waals surface area contributed by atoms with Crippen LogP contribution < -0.4 is 0 Å². The van der Waals surface area contributed by atoms with Crippen molar-refractivity contribution in [3.63, 3.8) is 0 Å². The molecule has 4 heteroatoms. The molecule has 0 aliphatic heterocycles. The Morgan fingerprint density at radius 2 is 1.06 bits per heavy atom. The highest BCUT2D eigenvalue weighted by atomic mass is 14.7. The third kappa shape index (κ3) is 4.03. The van der Waals surface area contributed by atoms with Gasteiger partial charge in [0, 0.05) is 62.2 Å². The van der Waals surface area contributed by atoms with Gasteiger partial charge in [0.15, 0.2) is 0 Å². The van der Waals surface area contributed by atoms with E-state index in [1.807, 2.05) is 30.7 Å². The van der Waals surface area contributed by atoms with Gasteiger partial charge in [-0.25, -0.2) is 4.98 Å². The first-order valence-corrected chi connectivity index (χ1v) is 16.1. The largest absolute Gasteiger partial charge is 0.256 e. The number of aromatic nitrogens is 4. The van der Waals surface area contributed by atoms with Crippen LogP contribution in [0.25, 0.3) is 98.7 Å². The maximum absolute atomic E-state index is 5.34. The van der Waals surface area contributed by atoms with Crippen LogP contribution in [0, 0.1) is 0 Å². The fourth-order valence-electron chi connectivity index (χ4n) is 7.40. The first-order chi connectivity index (χ1) is 23.8. The lowest BCUT2D eigenvalue weighted by molar-refractivity contribution is 1.32. The molecule has 222 valence electrons. The summed E-state index contributed by atoms with van der Waals surface area (Å²) in [5.74, 6) is 0. The van der Waals surface area contributed by atoms with E-state index in [0.717, 1.165) is 61.0 Å². The van der Waals surface area contributed by atoms with E-state index in [1.165, 1.54) is 37.7 Å². The summed E-state index contributed by atoms with van der Waals surface area (Å²) in [6, 6.07) is 49.2. The summed E-state index contributed by atoms with van der Waals surface area (Å²) < 4.78 is 0.